The summed E-state index contributed by atoms with van der Waals surface area (Å²) >= 11 is 0. The lowest BCUT2D eigenvalue weighted by Crippen LogP contribution is -2.20. The van der Waals surface area contributed by atoms with Crippen LogP contribution >= 0.6 is 0 Å². The minimum Gasteiger partial charge on any atom is -0.284 e. The Labute approximate surface area is 108 Å². The Kier molecular flexibility index (Phi) is 3.37. The lowest BCUT2D eigenvalue weighted by Gasteiger charge is -2.10. The number of hydrogen-bond donors (Lipinski definition) is 0. The van der Waals surface area contributed by atoms with Gasteiger partial charge in [-0.15, -0.1) is 0 Å². The first-order chi connectivity index (χ1) is 8.50. The van der Waals surface area contributed by atoms with Crippen LogP contribution in [-0.4, -0.2) is 4.57 Å². The van der Waals surface area contributed by atoms with Crippen LogP contribution in [0.5, 0.6) is 0 Å². The van der Waals surface area contributed by atoms with Crippen LogP contribution in [0.2, 0.25) is 0 Å². The summed E-state index contributed by atoms with van der Waals surface area (Å²) in [4.78, 5) is 12.2. The van der Waals surface area contributed by atoms with Gasteiger partial charge in [0.1, 0.15) is 0 Å². The lowest BCUT2D eigenvalue weighted by molar-refractivity contribution is 0.863. The second-order valence-corrected chi connectivity index (χ2v) is 5.05. The van der Waals surface area contributed by atoms with E-state index < -0.39 is 0 Å². The van der Waals surface area contributed by atoms with E-state index >= 15 is 0 Å². The SMILES string of the molecule is Cc1ccn(-c2ccc(C(C)C)cc2)c(=O)c1C. The lowest BCUT2D eigenvalue weighted by atomic mass is 10.0. The van der Waals surface area contributed by atoms with E-state index in [2.05, 4.69) is 26.0 Å². The molecule has 0 spiro atoms. The Morgan fingerprint density at radius 3 is 2.17 bits per heavy atom. The maximum atomic E-state index is 12.2. The molecule has 0 amide bonds. The third-order valence-electron chi connectivity index (χ3n) is 3.44. The van der Waals surface area contributed by atoms with Crippen molar-refractivity contribution in [2.45, 2.75) is 33.6 Å². The standard InChI is InChI=1S/C16H19NO/c1-11(2)14-5-7-15(8-6-14)17-10-9-12(3)13(4)16(17)18/h5-11H,1-4H3. The van der Waals surface area contributed by atoms with Crippen molar-refractivity contribution in [1.29, 1.82) is 0 Å². The van der Waals surface area contributed by atoms with Crippen molar-refractivity contribution in [2.75, 3.05) is 0 Å². The second-order valence-electron chi connectivity index (χ2n) is 5.05. The molecule has 2 nitrogen and oxygen atoms in total. The molecular formula is C16H19NO. The van der Waals surface area contributed by atoms with Crippen molar-refractivity contribution < 1.29 is 0 Å². The van der Waals surface area contributed by atoms with Crippen molar-refractivity contribution in [3.8, 4) is 5.69 Å². The molecule has 0 aliphatic heterocycles. The molecule has 1 heterocycles. The molecule has 1 aromatic carbocycles. The number of nitrogens with zero attached hydrogens (tertiary/aromatic N) is 1. The number of hydrogen-bond acceptors (Lipinski definition) is 1. The predicted molar refractivity (Wildman–Crippen MR) is 75.6 cm³/mol. The smallest absolute Gasteiger partial charge is 0.258 e. The van der Waals surface area contributed by atoms with Crippen LogP contribution in [0.25, 0.3) is 5.69 Å². The molecule has 0 radical (unpaired) electrons. The van der Waals surface area contributed by atoms with Crippen LogP contribution in [0.1, 0.15) is 36.5 Å². The van der Waals surface area contributed by atoms with Gasteiger partial charge in [0.25, 0.3) is 5.56 Å². The van der Waals surface area contributed by atoms with Crippen molar-refractivity contribution in [3.05, 3.63) is 63.6 Å². The summed E-state index contributed by atoms with van der Waals surface area (Å²) < 4.78 is 1.70. The van der Waals surface area contributed by atoms with Crippen LogP contribution in [0.3, 0.4) is 0 Å². The number of benzene rings is 1. The number of aromatic nitrogens is 1. The minimum absolute atomic E-state index is 0.0623. The molecule has 0 aliphatic carbocycles. The van der Waals surface area contributed by atoms with Gasteiger partial charge in [0.15, 0.2) is 0 Å². The molecule has 2 rings (SSSR count). The first-order valence-electron chi connectivity index (χ1n) is 6.30. The van der Waals surface area contributed by atoms with Crippen LogP contribution in [-0.2, 0) is 0 Å². The molecule has 2 heteroatoms. The monoisotopic (exact) mass is 241 g/mol. The highest BCUT2D eigenvalue weighted by Gasteiger charge is 2.05. The predicted octanol–water partition coefficient (Wildman–Crippen LogP) is 3.58. The van der Waals surface area contributed by atoms with Gasteiger partial charge in [-0.1, -0.05) is 26.0 Å². The van der Waals surface area contributed by atoms with Crippen LogP contribution < -0.4 is 5.56 Å². The zero-order valence-electron chi connectivity index (χ0n) is 11.4. The van der Waals surface area contributed by atoms with Crippen LogP contribution in [0.15, 0.2) is 41.3 Å². The van der Waals surface area contributed by atoms with Gasteiger partial charge in [0, 0.05) is 17.4 Å². The van der Waals surface area contributed by atoms with E-state index in [4.69, 9.17) is 0 Å². The first kappa shape index (κ1) is 12.6. The maximum Gasteiger partial charge on any atom is 0.258 e. The Hall–Kier alpha value is -1.83. The molecule has 0 atom stereocenters. The number of pyridine rings is 1. The number of rotatable bonds is 2. The summed E-state index contributed by atoms with van der Waals surface area (Å²) in [6.07, 6.45) is 1.84. The Morgan fingerprint density at radius 1 is 1.00 bits per heavy atom. The van der Waals surface area contributed by atoms with Gasteiger partial charge in [-0.3, -0.25) is 9.36 Å². The zero-order chi connectivity index (χ0) is 13.3. The highest BCUT2D eigenvalue weighted by molar-refractivity contribution is 5.37. The largest absolute Gasteiger partial charge is 0.284 e. The number of aryl methyl sites for hydroxylation is 1. The maximum absolute atomic E-state index is 12.2. The first-order valence-corrected chi connectivity index (χ1v) is 6.30. The minimum atomic E-state index is 0.0623. The molecule has 0 unspecified atom stereocenters. The summed E-state index contributed by atoms with van der Waals surface area (Å²) in [5, 5.41) is 0. The van der Waals surface area contributed by atoms with Gasteiger partial charge in [0.2, 0.25) is 0 Å². The molecule has 2 aromatic rings. The summed E-state index contributed by atoms with van der Waals surface area (Å²) in [6.45, 7) is 8.16. The van der Waals surface area contributed by atoms with Crippen molar-refractivity contribution in [1.82, 2.24) is 4.57 Å². The Morgan fingerprint density at radius 2 is 1.61 bits per heavy atom. The van der Waals surface area contributed by atoms with Crippen molar-refractivity contribution in [3.63, 3.8) is 0 Å². The summed E-state index contributed by atoms with van der Waals surface area (Å²) in [5.74, 6) is 0.510. The Balaban J connectivity index is 2.50. The third kappa shape index (κ3) is 2.23. The summed E-state index contributed by atoms with van der Waals surface area (Å²) in [6, 6.07) is 10.2. The van der Waals surface area contributed by atoms with Crippen LogP contribution in [0.4, 0.5) is 0 Å². The zero-order valence-corrected chi connectivity index (χ0v) is 11.4. The molecule has 0 saturated heterocycles. The van der Waals surface area contributed by atoms with Gasteiger partial charge < -0.3 is 0 Å². The molecule has 0 aliphatic rings. The average Bonchev–Trinajstić information content (AvgIpc) is 2.36. The van der Waals surface area contributed by atoms with Crippen molar-refractivity contribution >= 4 is 0 Å². The fourth-order valence-electron chi connectivity index (χ4n) is 1.95. The highest BCUT2D eigenvalue weighted by atomic mass is 16.1. The molecule has 94 valence electrons. The van der Waals surface area contributed by atoms with E-state index in [1.54, 1.807) is 4.57 Å². The second kappa shape index (κ2) is 4.81. The van der Waals surface area contributed by atoms with E-state index in [-0.39, 0.29) is 5.56 Å². The molecular weight excluding hydrogens is 222 g/mol. The molecule has 0 bridgehead atoms. The van der Waals surface area contributed by atoms with Gasteiger partial charge in [-0.05, 0) is 49.1 Å². The Bertz CT molecular complexity index is 606. The van der Waals surface area contributed by atoms with Gasteiger partial charge in [0.05, 0.1) is 0 Å². The third-order valence-corrected chi connectivity index (χ3v) is 3.44. The molecule has 0 fully saturated rings. The molecule has 1 aromatic heterocycles. The summed E-state index contributed by atoms with van der Waals surface area (Å²) in [7, 11) is 0. The molecule has 0 N–H and O–H groups in total. The van der Waals surface area contributed by atoms with Gasteiger partial charge >= 0.3 is 0 Å². The van der Waals surface area contributed by atoms with Crippen molar-refractivity contribution in [2.24, 2.45) is 0 Å². The van der Waals surface area contributed by atoms with Gasteiger partial charge in [-0.2, -0.15) is 0 Å². The molecule has 18 heavy (non-hydrogen) atoms. The average molecular weight is 241 g/mol. The van der Waals surface area contributed by atoms with E-state index in [1.165, 1.54) is 5.56 Å². The normalized spacial score (nSPS) is 10.9. The topological polar surface area (TPSA) is 22.0 Å². The quantitative estimate of drug-likeness (QED) is 0.787. The molecule has 0 saturated carbocycles. The van der Waals surface area contributed by atoms with E-state index in [1.807, 2.05) is 38.2 Å². The fraction of sp³-hybridized carbons (Fsp3) is 0.312. The fourth-order valence-corrected chi connectivity index (χ4v) is 1.95. The van der Waals surface area contributed by atoms with Gasteiger partial charge in [-0.25, -0.2) is 0 Å². The highest BCUT2D eigenvalue weighted by Crippen LogP contribution is 2.16. The van der Waals surface area contributed by atoms with E-state index in [0.717, 1.165) is 16.8 Å². The van der Waals surface area contributed by atoms with E-state index in [0.29, 0.717) is 5.92 Å². The van der Waals surface area contributed by atoms with E-state index in [9.17, 15) is 4.79 Å². The summed E-state index contributed by atoms with van der Waals surface area (Å²) in [5.41, 5.74) is 4.12. The van der Waals surface area contributed by atoms with Crippen LogP contribution in [0, 0.1) is 13.8 Å².